The number of rotatable bonds is 6. The molecule has 1 unspecified atom stereocenters. The van der Waals surface area contributed by atoms with Gasteiger partial charge in [-0.05, 0) is 43.0 Å². The number of amides is 1. The molecule has 6 heteroatoms. The van der Waals surface area contributed by atoms with Crippen LogP contribution in [0.15, 0.2) is 42.5 Å². The molecule has 0 saturated carbocycles. The number of ether oxygens (including phenoxy) is 2. The van der Waals surface area contributed by atoms with Crippen LogP contribution in [0.2, 0.25) is 0 Å². The summed E-state index contributed by atoms with van der Waals surface area (Å²) >= 11 is 1.55. The van der Waals surface area contributed by atoms with Gasteiger partial charge >= 0.3 is 0 Å². The Labute approximate surface area is 168 Å². The summed E-state index contributed by atoms with van der Waals surface area (Å²) in [6.45, 7) is 3.37. The highest BCUT2D eigenvalue weighted by atomic mass is 32.1. The SMILES string of the molecule is CCc1cccc2sc(N(CC3CCCO3)C(=O)c3ccccc3OC)nc12. The van der Waals surface area contributed by atoms with Crippen molar-refractivity contribution in [2.45, 2.75) is 32.3 Å². The highest BCUT2D eigenvalue weighted by Gasteiger charge is 2.28. The molecule has 1 amide bonds. The molecule has 146 valence electrons. The zero-order chi connectivity index (χ0) is 19.5. The van der Waals surface area contributed by atoms with E-state index in [9.17, 15) is 4.79 Å². The number of carbonyl (C=O) groups excluding carboxylic acids is 1. The van der Waals surface area contributed by atoms with Crippen LogP contribution in [-0.2, 0) is 11.2 Å². The van der Waals surface area contributed by atoms with E-state index in [-0.39, 0.29) is 12.0 Å². The maximum atomic E-state index is 13.5. The zero-order valence-corrected chi connectivity index (χ0v) is 17.0. The molecule has 1 fully saturated rings. The molecular weight excluding hydrogens is 372 g/mol. The summed E-state index contributed by atoms with van der Waals surface area (Å²) in [7, 11) is 1.59. The average molecular weight is 397 g/mol. The Bertz CT molecular complexity index is 979. The van der Waals surface area contributed by atoms with Crippen molar-refractivity contribution in [1.82, 2.24) is 4.98 Å². The van der Waals surface area contributed by atoms with Crippen molar-refractivity contribution in [2.24, 2.45) is 0 Å². The normalized spacial score (nSPS) is 16.4. The van der Waals surface area contributed by atoms with E-state index in [4.69, 9.17) is 14.5 Å². The maximum absolute atomic E-state index is 13.5. The lowest BCUT2D eigenvalue weighted by molar-refractivity contribution is 0.0915. The number of nitrogens with zero attached hydrogens (tertiary/aromatic N) is 2. The number of thiazole rings is 1. The molecule has 1 atom stereocenters. The lowest BCUT2D eigenvalue weighted by atomic mass is 10.1. The van der Waals surface area contributed by atoms with Gasteiger partial charge in [0.1, 0.15) is 5.75 Å². The Balaban J connectivity index is 1.76. The van der Waals surface area contributed by atoms with Crippen LogP contribution in [0, 0.1) is 0 Å². The molecule has 28 heavy (non-hydrogen) atoms. The second kappa shape index (κ2) is 8.29. The summed E-state index contributed by atoms with van der Waals surface area (Å²) in [5, 5.41) is 0.710. The average Bonchev–Trinajstić information content (AvgIpc) is 3.40. The van der Waals surface area contributed by atoms with Gasteiger partial charge in [0, 0.05) is 6.61 Å². The quantitative estimate of drug-likeness (QED) is 0.606. The van der Waals surface area contributed by atoms with Crippen molar-refractivity contribution in [3.8, 4) is 5.75 Å². The third kappa shape index (κ3) is 3.62. The van der Waals surface area contributed by atoms with E-state index in [1.807, 2.05) is 18.2 Å². The Hall–Kier alpha value is -2.44. The van der Waals surface area contributed by atoms with Crippen molar-refractivity contribution in [1.29, 1.82) is 0 Å². The lowest BCUT2D eigenvalue weighted by Crippen LogP contribution is -2.37. The summed E-state index contributed by atoms with van der Waals surface area (Å²) in [6, 6.07) is 13.5. The van der Waals surface area contributed by atoms with Gasteiger partial charge in [-0.25, -0.2) is 4.98 Å². The smallest absolute Gasteiger partial charge is 0.263 e. The molecule has 2 heterocycles. The van der Waals surface area contributed by atoms with Gasteiger partial charge in [0.15, 0.2) is 5.13 Å². The van der Waals surface area contributed by atoms with Gasteiger partial charge in [0.25, 0.3) is 5.91 Å². The number of hydrogen-bond acceptors (Lipinski definition) is 5. The first-order valence-electron chi connectivity index (χ1n) is 9.66. The summed E-state index contributed by atoms with van der Waals surface area (Å²) in [5.74, 6) is 0.463. The monoisotopic (exact) mass is 396 g/mol. The van der Waals surface area contributed by atoms with E-state index in [2.05, 4.69) is 25.1 Å². The minimum Gasteiger partial charge on any atom is -0.496 e. The van der Waals surface area contributed by atoms with Gasteiger partial charge in [0.05, 0.1) is 35.5 Å². The Morgan fingerprint density at radius 1 is 1.29 bits per heavy atom. The Morgan fingerprint density at radius 2 is 2.14 bits per heavy atom. The molecule has 5 nitrogen and oxygen atoms in total. The third-order valence-electron chi connectivity index (χ3n) is 5.10. The first-order valence-corrected chi connectivity index (χ1v) is 10.5. The summed E-state index contributed by atoms with van der Waals surface area (Å²) in [6.07, 6.45) is 2.94. The molecule has 0 radical (unpaired) electrons. The van der Waals surface area contributed by atoms with Gasteiger partial charge in [-0.1, -0.05) is 42.5 Å². The highest BCUT2D eigenvalue weighted by molar-refractivity contribution is 7.22. The Kier molecular flexibility index (Phi) is 5.59. The predicted octanol–water partition coefficient (Wildman–Crippen LogP) is 4.69. The summed E-state index contributed by atoms with van der Waals surface area (Å²) in [4.78, 5) is 20.1. The van der Waals surface area contributed by atoms with E-state index < -0.39 is 0 Å². The van der Waals surface area contributed by atoms with Crippen LogP contribution < -0.4 is 9.64 Å². The largest absolute Gasteiger partial charge is 0.496 e. The number of benzene rings is 2. The molecule has 1 aliphatic heterocycles. The Morgan fingerprint density at radius 3 is 2.89 bits per heavy atom. The van der Waals surface area contributed by atoms with Crippen molar-refractivity contribution in [3.63, 3.8) is 0 Å². The third-order valence-corrected chi connectivity index (χ3v) is 6.14. The van der Waals surface area contributed by atoms with Crippen LogP contribution in [0.1, 0.15) is 35.7 Å². The fraction of sp³-hybridized carbons (Fsp3) is 0.364. The van der Waals surface area contributed by atoms with Gasteiger partial charge in [0.2, 0.25) is 0 Å². The number of methoxy groups -OCH3 is 1. The molecule has 0 aliphatic carbocycles. The molecule has 0 N–H and O–H groups in total. The van der Waals surface area contributed by atoms with Crippen LogP contribution in [0.4, 0.5) is 5.13 Å². The molecule has 3 aromatic rings. The first kappa shape index (κ1) is 18.9. The van der Waals surface area contributed by atoms with Crippen LogP contribution in [0.3, 0.4) is 0 Å². The molecular formula is C22H24N2O3S. The molecule has 4 rings (SSSR count). The van der Waals surface area contributed by atoms with Gasteiger partial charge in [-0.15, -0.1) is 0 Å². The van der Waals surface area contributed by atoms with Crippen molar-refractivity contribution in [3.05, 3.63) is 53.6 Å². The highest BCUT2D eigenvalue weighted by Crippen LogP contribution is 2.33. The second-order valence-electron chi connectivity index (χ2n) is 6.86. The molecule has 1 aromatic heterocycles. The van der Waals surface area contributed by atoms with Gasteiger partial charge in [-0.3, -0.25) is 9.69 Å². The topological polar surface area (TPSA) is 51.7 Å². The fourth-order valence-corrected chi connectivity index (χ4v) is 4.62. The summed E-state index contributed by atoms with van der Waals surface area (Å²) in [5.41, 5.74) is 2.72. The standard InChI is InChI=1S/C22H24N2O3S/c1-3-15-8-6-12-19-20(15)23-22(28-19)24(14-16-9-7-13-27-16)21(25)17-10-4-5-11-18(17)26-2/h4-6,8,10-12,16H,3,7,9,13-14H2,1-2H3. The van der Waals surface area contributed by atoms with Gasteiger partial charge < -0.3 is 9.47 Å². The number of aryl methyl sites for hydroxylation is 1. The van der Waals surface area contributed by atoms with Crippen molar-refractivity contribution in [2.75, 3.05) is 25.2 Å². The van der Waals surface area contributed by atoms with E-state index in [1.165, 1.54) is 5.56 Å². The zero-order valence-electron chi connectivity index (χ0n) is 16.2. The molecule has 1 aliphatic rings. The van der Waals surface area contributed by atoms with Crippen LogP contribution >= 0.6 is 11.3 Å². The lowest BCUT2D eigenvalue weighted by Gasteiger charge is -2.23. The van der Waals surface area contributed by atoms with Gasteiger partial charge in [-0.2, -0.15) is 0 Å². The number of fused-ring (bicyclic) bond motifs is 1. The minimum atomic E-state index is -0.106. The van der Waals surface area contributed by atoms with Crippen molar-refractivity contribution < 1.29 is 14.3 Å². The van der Waals surface area contributed by atoms with Crippen LogP contribution in [-0.4, -0.2) is 37.3 Å². The molecule has 0 spiro atoms. The summed E-state index contributed by atoms with van der Waals surface area (Å²) < 4.78 is 12.3. The minimum absolute atomic E-state index is 0.0383. The van der Waals surface area contributed by atoms with E-state index in [1.54, 1.807) is 29.4 Å². The van der Waals surface area contributed by atoms with E-state index in [0.717, 1.165) is 36.1 Å². The predicted molar refractivity (Wildman–Crippen MR) is 113 cm³/mol. The van der Waals surface area contributed by atoms with Crippen LogP contribution in [0.5, 0.6) is 5.75 Å². The second-order valence-corrected chi connectivity index (χ2v) is 7.87. The fourth-order valence-electron chi connectivity index (χ4n) is 3.60. The van der Waals surface area contributed by atoms with Crippen LogP contribution in [0.25, 0.3) is 10.2 Å². The maximum Gasteiger partial charge on any atom is 0.263 e. The number of hydrogen-bond donors (Lipinski definition) is 0. The van der Waals surface area contributed by atoms with E-state index in [0.29, 0.717) is 23.0 Å². The number of aromatic nitrogens is 1. The number of anilines is 1. The number of carbonyl (C=O) groups is 1. The first-order chi connectivity index (χ1) is 13.7. The van der Waals surface area contributed by atoms with E-state index >= 15 is 0 Å². The van der Waals surface area contributed by atoms with Crippen molar-refractivity contribution >= 4 is 32.6 Å². The molecule has 1 saturated heterocycles. The number of para-hydroxylation sites is 2. The molecule has 2 aromatic carbocycles. The molecule has 0 bridgehead atoms.